The smallest absolute Gasteiger partial charge is 0.310 e. The van der Waals surface area contributed by atoms with Crippen molar-refractivity contribution in [3.8, 4) is 0 Å². The fourth-order valence-electron chi connectivity index (χ4n) is 13.4. The van der Waals surface area contributed by atoms with Gasteiger partial charge in [-0.2, -0.15) is 0 Å². The summed E-state index contributed by atoms with van der Waals surface area (Å²) < 4.78 is 24.0. The van der Waals surface area contributed by atoms with E-state index in [2.05, 4.69) is 54.5 Å². The van der Waals surface area contributed by atoms with Crippen molar-refractivity contribution in [1.82, 2.24) is 0 Å². The quantitative estimate of drug-likeness (QED) is 0.159. The fraction of sp³-hybridized carbons (Fsp3) is 0.927. The van der Waals surface area contributed by atoms with Crippen molar-refractivity contribution in [2.75, 3.05) is 0 Å². The molecule has 0 aromatic rings. The van der Waals surface area contributed by atoms with Crippen molar-refractivity contribution in [1.29, 1.82) is 0 Å². The Hall–Kier alpha value is -1.19. The van der Waals surface area contributed by atoms with Crippen molar-refractivity contribution < 1.29 is 59.5 Å². The minimum Gasteiger partial charge on any atom is -0.481 e. The first-order valence-corrected chi connectivity index (χ1v) is 20.2. The van der Waals surface area contributed by atoms with E-state index in [0.29, 0.717) is 12.3 Å². The molecule has 0 aromatic heterocycles. The maximum atomic E-state index is 13.0. The van der Waals surface area contributed by atoms with Gasteiger partial charge < -0.3 is 54.7 Å². The van der Waals surface area contributed by atoms with E-state index < -0.39 is 73.0 Å². The van der Waals surface area contributed by atoms with Gasteiger partial charge in [0.05, 0.1) is 17.6 Å². The molecular weight excluding hydrogens is 684 g/mol. The summed E-state index contributed by atoms with van der Waals surface area (Å²) in [6.07, 6.45) is -4.05. The number of fused-ring (bicyclic) bond motifs is 7. The molecule has 53 heavy (non-hydrogen) atoms. The van der Waals surface area contributed by atoms with Crippen molar-refractivity contribution in [2.24, 2.45) is 50.2 Å². The second-order valence-electron chi connectivity index (χ2n) is 20.3. The number of ether oxygens (including phenoxy) is 4. The Kier molecular flexibility index (Phi) is 9.95. The summed E-state index contributed by atoms with van der Waals surface area (Å²) >= 11 is 0. The number of hydrogen-bond donors (Lipinski definition) is 7. The molecule has 7 N–H and O–H groups in total. The average molecular weight is 751 g/mol. The highest BCUT2D eigenvalue weighted by molar-refractivity contribution is 5.76. The average Bonchev–Trinajstić information content (AvgIpc) is 3.07. The summed E-state index contributed by atoms with van der Waals surface area (Å²) in [6.45, 7) is 17.9. The van der Waals surface area contributed by atoms with E-state index in [0.717, 1.165) is 57.8 Å². The number of hydrogen-bond acceptors (Lipinski definition) is 11. The standard InChI is InChI=1S/C41H66O12/c1-20-26(42)27(43)30(46)33(50-20)52-31-28(44)29(45)32(47)53-34(31)51-25-12-13-38(6)23(37(25,4)5)11-14-40(8)24(38)10-9-21-22-19-36(2,3)15-17-41(22,35(48)49)18-16-39(21,40)7/h9,20,22-34,42-47H,10-19H2,1-8H3,(H,48,49)/t20-,22-,23-,24+,25-,26-,27+,28+,29+,30+,31+,32-,33-,34+,38-,39+,40+,41-/m0/s1. The number of aliphatic carboxylic acids is 1. The maximum Gasteiger partial charge on any atom is 0.310 e. The van der Waals surface area contributed by atoms with Crippen molar-refractivity contribution >= 4 is 5.97 Å². The molecule has 2 heterocycles. The summed E-state index contributed by atoms with van der Waals surface area (Å²) in [6, 6.07) is 0. The van der Waals surface area contributed by atoms with Gasteiger partial charge >= 0.3 is 5.97 Å². The van der Waals surface area contributed by atoms with Crippen LogP contribution in [0.4, 0.5) is 0 Å². The summed E-state index contributed by atoms with van der Waals surface area (Å²) in [4.78, 5) is 13.0. The normalized spacial score (nSPS) is 54.7. The predicted octanol–water partition coefficient (Wildman–Crippen LogP) is 3.87. The van der Waals surface area contributed by atoms with Crippen molar-refractivity contribution in [2.45, 2.75) is 187 Å². The van der Waals surface area contributed by atoms with Gasteiger partial charge in [-0.3, -0.25) is 4.79 Å². The van der Waals surface area contributed by atoms with Gasteiger partial charge in [-0.1, -0.05) is 60.1 Å². The minimum atomic E-state index is -1.75. The van der Waals surface area contributed by atoms with Crippen LogP contribution in [0.5, 0.6) is 0 Å². The molecule has 7 aliphatic rings. The number of aliphatic hydroxyl groups excluding tert-OH is 6. The van der Waals surface area contributed by atoms with Gasteiger partial charge in [0.15, 0.2) is 18.9 Å². The van der Waals surface area contributed by atoms with Gasteiger partial charge in [0, 0.05) is 0 Å². The first-order valence-electron chi connectivity index (χ1n) is 20.2. The van der Waals surface area contributed by atoms with Crippen LogP contribution in [-0.4, -0.2) is 109 Å². The Balaban J connectivity index is 1.14. The summed E-state index contributed by atoms with van der Waals surface area (Å²) in [5, 5.41) is 74.2. The molecule has 6 fully saturated rings. The van der Waals surface area contributed by atoms with Crippen LogP contribution in [0.25, 0.3) is 0 Å². The molecule has 12 heteroatoms. The molecule has 2 aliphatic heterocycles. The van der Waals surface area contributed by atoms with Gasteiger partial charge in [-0.25, -0.2) is 0 Å². The van der Waals surface area contributed by atoms with Gasteiger partial charge in [-0.15, -0.1) is 0 Å². The zero-order valence-electron chi connectivity index (χ0n) is 32.9. The number of allylic oxidation sites excluding steroid dienone is 2. The van der Waals surface area contributed by atoms with Gasteiger partial charge in [0.1, 0.15) is 36.6 Å². The lowest BCUT2D eigenvalue weighted by Crippen LogP contribution is -2.66. The highest BCUT2D eigenvalue weighted by Gasteiger charge is 2.69. The van der Waals surface area contributed by atoms with Crippen LogP contribution < -0.4 is 0 Å². The highest BCUT2D eigenvalue weighted by Crippen LogP contribution is 2.76. The van der Waals surface area contributed by atoms with Crippen LogP contribution in [0.2, 0.25) is 0 Å². The molecule has 0 unspecified atom stereocenters. The highest BCUT2D eigenvalue weighted by atomic mass is 16.8. The van der Waals surface area contributed by atoms with Crippen LogP contribution in [0.3, 0.4) is 0 Å². The second-order valence-corrected chi connectivity index (χ2v) is 20.3. The lowest BCUT2D eigenvalue weighted by Gasteiger charge is -2.71. The Morgan fingerprint density at radius 1 is 0.736 bits per heavy atom. The van der Waals surface area contributed by atoms with E-state index in [-0.39, 0.29) is 45.0 Å². The van der Waals surface area contributed by atoms with Gasteiger partial charge in [-0.05, 0) is 116 Å². The van der Waals surface area contributed by atoms with Crippen LogP contribution in [0.15, 0.2) is 11.6 Å². The zero-order valence-corrected chi connectivity index (χ0v) is 32.9. The van der Waals surface area contributed by atoms with Crippen LogP contribution in [0, 0.1) is 50.2 Å². The lowest BCUT2D eigenvalue weighted by molar-refractivity contribution is -0.394. The number of carbonyl (C=O) groups is 1. The Bertz CT molecular complexity index is 1450. The lowest BCUT2D eigenvalue weighted by atomic mass is 9.33. The molecule has 0 radical (unpaired) electrons. The molecule has 18 atom stereocenters. The van der Waals surface area contributed by atoms with Crippen molar-refractivity contribution in [3.05, 3.63) is 11.6 Å². The van der Waals surface area contributed by atoms with Crippen LogP contribution in [-0.2, 0) is 23.7 Å². The van der Waals surface area contributed by atoms with Crippen molar-refractivity contribution in [3.63, 3.8) is 0 Å². The number of aliphatic hydroxyl groups is 6. The Morgan fingerprint density at radius 2 is 1.42 bits per heavy atom. The summed E-state index contributed by atoms with van der Waals surface area (Å²) in [5.74, 6) is 0.0654. The van der Waals surface area contributed by atoms with Gasteiger partial charge in [0.25, 0.3) is 0 Å². The second kappa shape index (κ2) is 13.2. The van der Waals surface area contributed by atoms with E-state index in [4.69, 9.17) is 18.9 Å². The zero-order chi connectivity index (χ0) is 38.8. The summed E-state index contributed by atoms with van der Waals surface area (Å²) in [5.41, 5.74) is 0.299. The topological polar surface area (TPSA) is 196 Å². The molecule has 0 spiro atoms. The van der Waals surface area contributed by atoms with Gasteiger partial charge in [0.2, 0.25) is 0 Å². The minimum absolute atomic E-state index is 0.00968. The monoisotopic (exact) mass is 750 g/mol. The van der Waals surface area contributed by atoms with E-state index in [1.54, 1.807) is 0 Å². The van der Waals surface area contributed by atoms with E-state index in [1.807, 2.05) is 0 Å². The van der Waals surface area contributed by atoms with E-state index >= 15 is 0 Å². The molecule has 4 saturated carbocycles. The molecule has 302 valence electrons. The third-order valence-corrected chi connectivity index (χ3v) is 16.9. The SMILES string of the molecule is C[C@@H]1O[C@@H](O[C@H]2[C@H](O[C@H]3CC[C@]4(C)[C@H]5CC=C6[C@@H]7CC(C)(C)CC[C@]7(C(=O)O)CC[C@@]6(C)[C@]5(C)CC[C@H]4C3(C)C)O[C@H](O)[C@H](O)[C@H]2O)[C@H](O)[C@H](O)[C@H]1O. The predicted molar refractivity (Wildman–Crippen MR) is 192 cm³/mol. The number of carboxylic acids is 1. The molecule has 0 aromatic carbocycles. The Labute approximate surface area is 314 Å². The number of carboxylic acid groups (broad SMARTS) is 1. The molecule has 0 amide bonds. The molecule has 7 rings (SSSR count). The van der Waals surface area contributed by atoms with E-state index in [9.17, 15) is 40.5 Å². The third-order valence-electron chi connectivity index (χ3n) is 16.9. The fourth-order valence-corrected chi connectivity index (χ4v) is 13.4. The molecule has 2 saturated heterocycles. The Morgan fingerprint density at radius 3 is 2.09 bits per heavy atom. The molecule has 12 nitrogen and oxygen atoms in total. The third kappa shape index (κ3) is 5.85. The van der Waals surface area contributed by atoms with E-state index in [1.165, 1.54) is 12.5 Å². The largest absolute Gasteiger partial charge is 0.481 e. The van der Waals surface area contributed by atoms with Crippen LogP contribution in [0.1, 0.15) is 120 Å². The molecular formula is C41H66O12. The van der Waals surface area contributed by atoms with Crippen LogP contribution >= 0.6 is 0 Å². The first-order chi connectivity index (χ1) is 24.5. The molecule has 5 aliphatic carbocycles. The number of rotatable bonds is 5. The summed E-state index contributed by atoms with van der Waals surface area (Å²) in [7, 11) is 0. The maximum absolute atomic E-state index is 13.0. The molecule has 0 bridgehead atoms. The first kappa shape index (κ1) is 40.0.